The zero-order valence-electron chi connectivity index (χ0n) is 8.34. The second-order valence-corrected chi connectivity index (χ2v) is 4.29. The van der Waals surface area contributed by atoms with Gasteiger partial charge in [0.05, 0.1) is 11.7 Å². The second kappa shape index (κ2) is 4.48. The quantitative estimate of drug-likeness (QED) is 0.606. The van der Waals surface area contributed by atoms with Crippen LogP contribution in [0.2, 0.25) is 0 Å². The van der Waals surface area contributed by atoms with Gasteiger partial charge in [-0.25, -0.2) is 15.4 Å². The van der Waals surface area contributed by atoms with Crippen molar-refractivity contribution in [1.29, 1.82) is 0 Å². The summed E-state index contributed by atoms with van der Waals surface area (Å²) in [7, 11) is 0. The minimum Gasteiger partial charge on any atom is -0.271 e. The summed E-state index contributed by atoms with van der Waals surface area (Å²) >= 11 is 1.70. The van der Waals surface area contributed by atoms with Gasteiger partial charge in [0.1, 0.15) is 6.33 Å². The minimum atomic E-state index is -0.0563. The average molecular weight is 220 g/mol. The summed E-state index contributed by atoms with van der Waals surface area (Å²) in [5.74, 6) is 5.56. The first-order chi connectivity index (χ1) is 7.33. The molecule has 0 radical (unpaired) electrons. The third kappa shape index (κ3) is 2.04. The van der Waals surface area contributed by atoms with Crippen LogP contribution in [0.1, 0.15) is 22.2 Å². The zero-order chi connectivity index (χ0) is 10.7. The average Bonchev–Trinajstić information content (AvgIpc) is 2.68. The van der Waals surface area contributed by atoms with Crippen LogP contribution in [0.3, 0.4) is 0 Å². The van der Waals surface area contributed by atoms with Crippen LogP contribution in [0.15, 0.2) is 30.0 Å². The van der Waals surface area contributed by atoms with Crippen molar-refractivity contribution in [2.24, 2.45) is 5.84 Å². The Hall–Kier alpha value is -1.30. The van der Waals surface area contributed by atoms with Crippen LogP contribution in [-0.4, -0.2) is 9.97 Å². The van der Waals surface area contributed by atoms with Crippen LogP contribution >= 0.6 is 11.3 Å². The van der Waals surface area contributed by atoms with Crippen LogP contribution in [0.25, 0.3) is 0 Å². The molecule has 15 heavy (non-hydrogen) atoms. The second-order valence-electron chi connectivity index (χ2n) is 3.17. The molecule has 5 heteroatoms. The number of hydrogen-bond acceptors (Lipinski definition) is 5. The highest BCUT2D eigenvalue weighted by molar-refractivity contribution is 7.10. The van der Waals surface area contributed by atoms with E-state index in [1.807, 2.05) is 6.07 Å². The van der Waals surface area contributed by atoms with Crippen LogP contribution in [0.5, 0.6) is 0 Å². The molecule has 0 aliphatic rings. The lowest BCUT2D eigenvalue weighted by atomic mass is 10.1. The molecule has 0 saturated heterocycles. The zero-order valence-corrected chi connectivity index (χ0v) is 9.16. The van der Waals surface area contributed by atoms with E-state index < -0.39 is 0 Å². The molecule has 1 unspecified atom stereocenters. The maximum absolute atomic E-state index is 5.56. The van der Waals surface area contributed by atoms with Gasteiger partial charge in [0.15, 0.2) is 0 Å². The van der Waals surface area contributed by atoms with Gasteiger partial charge in [0.2, 0.25) is 0 Å². The molecule has 0 aromatic carbocycles. The van der Waals surface area contributed by atoms with Crippen molar-refractivity contribution in [1.82, 2.24) is 15.4 Å². The fourth-order valence-electron chi connectivity index (χ4n) is 1.50. The number of nitrogens with one attached hydrogen (secondary N) is 1. The van der Waals surface area contributed by atoms with Crippen LogP contribution < -0.4 is 11.3 Å². The third-order valence-electron chi connectivity index (χ3n) is 2.28. The normalized spacial score (nSPS) is 12.7. The molecule has 2 aromatic rings. The van der Waals surface area contributed by atoms with Gasteiger partial charge in [-0.3, -0.25) is 5.84 Å². The van der Waals surface area contributed by atoms with Gasteiger partial charge in [-0.2, -0.15) is 0 Å². The molecule has 0 bridgehead atoms. The molecule has 0 aliphatic heterocycles. The standard InChI is InChI=1S/C10H12N4S/c1-7-8(3-5-15-7)10(14-11)9-2-4-12-6-13-9/h2-6,10,14H,11H2,1H3. The lowest BCUT2D eigenvalue weighted by Crippen LogP contribution is -2.29. The Bertz CT molecular complexity index is 426. The molecule has 3 N–H and O–H groups in total. The van der Waals surface area contributed by atoms with Crippen molar-refractivity contribution >= 4 is 11.3 Å². The largest absolute Gasteiger partial charge is 0.271 e. The number of nitrogens with zero attached hydrogens (tertiary/aromatic N) is 2. The number of hydrogen-bond donors (Lipinski definition) is 2. The summed E-state index contributed by atoms with van der Waals surface area (Å²) in [6.07, 6.45) is 3.25. The van der Waals surface area contributed by atoms with Crippen molar-refractivity contribution in [3.63, 3.8) is 0 Å². The third-order valence-corrected chi connectivity index (χ3v) is 3.14. The Morgan fingerprint density at radius 3 is 2.87 bits per heavy atom. The first kappa shape index (κ1) is 10.2. The lowest BCUT2D eigenvalue weighted by molar-refractivity contribution is 0.618. The molecular weight excluding hydrogens is 208 g/mol. The van der Waals surface area contributed by atoms with E-state index in [1.54, 1.807) is 17.5 Å². The summed E-state index contributed by atoms with van der Waals surface area (Å²) in [6, 6.07) is 3.87. The number of nitrogens with two attached hydrogens (primary N) is 1. The molecular formula is C10H12N4S. The number of aromatic nitrogens is 2. The van der Waals surface area contributed by atoms with E-state index >= 15 is 0 Å². The maximum atomic E-state index is 5.56. The van der Waals surface area contributed by atoms with Gasteiger partial charge in [-0.15, -0.1) is 11.3 Å². The van der Waals surface area contributed by atoms with Gasteiger partial charge < -0.3 is 0 Å². The Balaban J connectivity index is 2.37. The van der Waals surface area contributed by atoms with Gasteiger partial charge >= 0.3 is 0 Å². The molecule has 4 nitrogen and oxygen atoms in total. The van der Waals surface area contributed by atoms with E-state index in [0.717, 1.165) is 5.69 Å². The summed E-state index contributed by atoms with van der Waals surface area (Å²) in [5, 5.41) is 2.05. The lowest BCUT2D eigenvalue weighted by Gasteiger charge is -2.14. The Morgan fingerprint density at radius 2 is 2.33 bits per heavy atom. The molecule has 2 heterocycles. The van der Waals surface area contributed by atoms with Gasteiger partial charge in [0.25, 0.3) is 0 Å². The van der Waals surface area contributed by atoms with Gasteiger partial charge in [0, 0.05) is 11.1 Å². The number of hydrazine groups is 1. The molecule has 0 aliphatic carbocycles. The maximum Gasteiger partial charge on any atom is 0.115 e. The van der Waals surface area contributed by atoms with Crippen molar-refractivity contribution in [3.8, 4) is 0 Å². The fourth-order valence-corrected chi connectivity index (χ4v) is 2.24. The first-order valence-corrected chi connectivity index (χ1v) is 5.47. The summed E-state index contributed by atoms with van der Waals surface area (Å²) in [6.45, 7) is 2.07. The molecule has 0 fully saturated rings. The number of rotatable bonds is 3. The number of aryl methyl sites for hydroxylation is 1. The SMILES string of the molecule is Cc1sccc1C(NN)c1ccncn1. The van der Waals surface area contributed by atoms with Gasteiger partial charge in [-0.1, -0.05) is 0 Å². The highest BCUT2D eigenvalue weighted by Crippen LogP contribution is 2.25. The molecule has 1 atom stereocenters. The molecule has 0 amide bonds. The van der Waals surface area contributed by atoms with E-state index in [4.69, 9.17) is 5.84 Å². The Labute approximate surface area is 92.2 Å². The highest BCUT2D eigenvalue weighted by atomic mass is 32.1. The predicted molar refractivity (Wildman–Crippen MR) is 60.3 cm³/mol. The van der Waals surface area contributed by atoms with Crippen molar-refractivity contribution in [3.05, 3.63) is 46.2 Å². The van der Waals surface area contributed by atoms with Crippen molar-refractivity contribution in [2.75, 3.05) is 0 Å². The summed E-state index contributed by atoms with van der Waals surface area (Å²) in [4.78, 5) is 9.33. The van der Waals surface area contributed by atoms with E-state index in [9.17, 15) is 0 Å². The predicted octanol–water partition coefficient (Wildman–Crippen LogP) is 1.40. The monoisotopic (exact) mass is 220 g/mol. The van der Waals surface area contributed by atoms with Crippen molar-refractivity contribution < 1.29 is 0 Å². The first-order valence-electron chi connectivity index (χ1n) is 4.59. The molecule has 0 saturated carbocycles. The van der Waals surface area contributed by atoms with Crippen LogP contribution in [0.4, 0.5) is 0 Å². The van der Waals surface area contributed by atoms with E-state index in [-0.39, 0.29) is 6.04 Å². The molecule has 2 rings (SSSR count). The molecule has 78 valence electrons. The minimum absolute atomic E-state index is 0.0563. The topological polar surface area (TPSA) is 63.8 Å². The van der Waals surface area contributed by atoms with Crippen LogP contribution in [0, 0.1) is 6.92 Å². The summed E-state index contributed by atoms with van der Waals surface area (Å²) in [5.41, 5.74) is 4.83. The number of thiophene rings is 1. The van der Waals surface area contributed by atoms with Gasteiger partial charge in [-0.05, 0) is 30.0 Å². The van der Waals surface area contributed by atoms with Crippen LogP contribution in [-0.2, 0) is 0 Å². The molecule has 0 spiro atoms. The Morgan fingerprint density at radius 1 is 1.47 bits per heavy atom. The Kier molecular flexibility index (Phi) is 3.05. The summed E-state index contributed by atoms with van der Waals surface area (Å²) < 4.78 is 0. The fraction of sp³-hybridized carbons (Fsp3) is 0.200. The molecule has 2 aromatic heterocycles. The van der Waals surface area contributed by atoms with Crippen molar-refractivity contribution in [2.45, 2.75) is 13.0 Å². The smallest absolute Gasteiger partial charge is 0.115 e. The highest BCUT2D eigenvalue weighted by Gasteiger charge is 2.16. The van der Waals surface area contributed by atoms with E-state index in [1.165, 1.54) is 16.8 Å². The van der Waals surface area contributed by atoms with E-state index in [2.05, 4.69) is 33.8 Å². The van der Waals surface area contributed by atoms with E-state index in [0.29, 0.717) is 0 Å².